The number of carbonyl (C=O) groups excluding carboxylic acids is 2. The number of nitrogens with one attached hydrogen (secondary N) is 1. The molecule has 2 atom stereocenters. The van der Waals surface area contributed by atoms with E-state index in [0.717, 1.165) is 0 Å². The number of fused-ring (bicyclic) bond motifs is 1. The maximum Gasteiger partial charge on any atom is 0.407 e. The van der Waals surface area contributed by atoms with Crippen LogP contribution >= 0.6 is 0 Å². The minimum Gasteiger partial charge on any atom is -0.465 e. The molecule has 0 saturated carbocycles. The van der Waals surface area contributed by atoms with Crippen LogP contribution in [-0.4, -0.2) is 64.0 Å². The quantitative estimate of drug-likeness (QED) is 0.836. The van der Waals surface area contributed by atoms with Crippen LogP contribution in [0.1, 0.15) is 17.4 Å². The van der Waals surface area contributed by atoms with Crippen molar-refractivity contribution >= 4 is 23.6 Å². The fourth-order valence-electron chi connectivity index (χ4n) is 3.27. The lowest BCUT2D eigenvalue weighted by Gasteiger charge is -2.19. The number of amides is 3. The number of rotatable bonds is 2. The van der Waals surface area contributed by atoms with Crippen LogP contribution in [0.25, 0.3) is 0 Å². The third-order valence-electron chi connectivity index (χ3n) is 4.35. The van der Waals surface area contributed by atoms with Crippen LogP contribution in [0.2, 0.25) is 0 Å². The van der Waals surface area contributed by atoms with Crippen LogP contribution in [-0.2, 0) is 4.79 Å². The number of carboxylic acid groups (broad SMARTS) is 1. The number of anilines is 1. The second-order valence-corrected chi connectivity index (χ2v) is 6.03. The number of hydrogen-bond acceptors (Lipinski definition) is 4. The lowest BCUT2D eigenvalue weighted by Crippen LogP contribution is -2.35. The van der Waals surface area contributed by atoms with Gasteiger partial charge in [-0.2, -0.15) is 0 Å². The van der Waals surface area contributed by atoms with Gasteiger partial charge >= 0.3 is 6.09 Å². The monoisotopic (exact) mass is 318 g/mol. The van der Waals surface area contributed by atoms with Crippen molar-refractivity contribution < 1.29 is 19.5 Å². The summed E-state index contributed by atoms with van der Waals surface area (Å²) in [7, 11) is 0. The number of carbonyl (C=O) groups is 3. The van der Waals surface area contributed by atoms with Gasteiger partial charge in [-0.05, 0) is 12.1 Å². The van der Waals surface area contributed by atoms with E-state index in [0.29, 0.717) is 37.6 Å². The molecule has 2 aliphatic heterocycles. The molecule has 8 nitrogen and oxygen atoms in total. The first-order valence-corrected chi connectivity index (χ1v) is 7.45. The molecule has 23 heavy (non-hydrogen) atoms. The van der Waals surface area contributed by atoms with Crippen LogP contribution in [0, 0.1) is 11.8 Å². The van der Waals surface area contributed by atoms with E-state index < -0.39 is 6.09 Å². The Kier molecular flexibility index (Phi) is 3.89. The van der Waals surface area contributed by atoms with Crippen molar-refractivity contribution in [2.45, 2.75) is 6.92 Å². The highest BCUT2D eigenvalue weighted by molar-refractivity contribution is 5.93. The second kappa shape index (κ2) is 5.86. The molecule has 3 rings (SSSR count). The molecule has 0 aliphatic carbocycles. The first kappa shape index (κ1) is 15.3. The fourth-order valence-corrected chi connectivity index (χ4v) is 3.27. The third kappa shape index (κ3) is 3.10. The van der Waals surface area contributed by atoms with Crippen LogP contribution in [0.15, 0.2) is 18.3 Å². The summed E-state index contributed by atoms with van der Waals surface area (Å²) in [4.78, 5) is 41.7. The van der Waals surface area contributed by atoms with Gasteiger partial charge in [0, 0.05) is 44.9 Å². The van der Waals surface area contributed by atoms with E-state index in [4.69, 9.17) is 5.11 Å². The van der Waals surface area contributed by atoms with Gasteiger partial charge in [-0.3, -0.25) is 9.59 Å². The summed E-state index contributed by atoms with van der Waals surface area (Å²) in [5.74, 6) is 0.0549. The van der Waals surface area contributed by atoms with Gasteiger partial charge in [0.05, 0.1) is 11.9 Å². The molecular weight excluding hydrogens is 300 g/mol. The van der Waals surface area contributed by atoms with Crippen molar-refractivity contribution in [1.29, 1.82) is 0 Å². The fraction of sp³-hybridized carbons (Fsp3) is 0.467. The Bertz CT molecular complexity index is 631. The highest BCUT2D eigenvalue weighted by Gasteiger charge is 2.43. The van der Waals surface area contributed by atoms with Gasteiger partial charge in [0.15, 0.2) is 0 Å². The topological polar surface area (TPSA) is 103 Å². The summed E-state index contributed by atoms with van der Waals surface area (Å²) in [6.07, 6.45) is 0.560. The molecule has 0 bridgehead atoms. The van der Waals surface area contributed by atoms with Gasteiger partial charge in [0.1, 0.15) is 5.69 Å². The van der Waals surface area contributed by atoms with Gasteiger partial charge in [-0.25, -0.2) is 9.78 Å². The zero-order valence-corrected chi connectivity index (χ0v) is 12.7. The molecule has 1 aromatic heterocycles. The van der Waals surface area contributed by atoms with Crippen molar-refractivity contribution in [3.05, 3.63) is 24.0 Å². The molecule has 1 aromatic rings. The molecule has 0 aromatic carbocycles. The van der Waals surface area contributed by atoms with Gasteiger partial charge in [0.2, 0.25) is 5.91 Å². The zero-order valence-electron chi connectivity index (χ0n) is 12.7. The first-order valence-electron chi connectivity index (χ1n) is 7.45. The SMILES string of the molecule is CC(=O)Nc1ccc(C(=O)N2C[C@H]3CN(C(=O)O)C[C@H]3C2)nc1. The van der Waals surface area contributed by atoms with E-state index in [1.807, 2.05) is 0 Å². The molecule has 2 N–H and O–H groups in total. The minimum atomic E-state index is -0.896. The standard InChI is InChI=1S/C15H18N4O4/c1-9(20)17-12-2-3-13(16-4-12)14(21)18-5-10-7-19(15(22)23)8-11(10)6-18/h2-4,10-11H,5-8H2,1H3,(H,17,20)(H,22,23)/t10-,11+. The van der Waals surface area contributed by atoms with E-state index >= 15 is 0 Å². The van der Waals surface area contributed by atoms with Crippen molar-refractivity contribution in [3.63, 3.8) is 0 Å². The highest BCUT2D eigenvalue weighted by atomic mass is 16.4. The third-order valence-corrected chi connectivity index (χ3v) is 4.35. The van der Waals surface area contributed by atoms with Gasteiger partial charge in [-0.15, -0.1) is 0 Å². The number of pyridine rings is 1. The molecule has 3 heterocycles. The molecule has 2 saturated heterocycles. The number of nitrogens with zero attached hydrogens (tertiary/aromatic N) is 3. The Labute approximate surface area is 133 Å². The summed E-state index contributed by atoms with van der Waals surface area (Å²) in [6.45, 7) is 3.49. The molecule has 0 radical (unpaired) electrons. The summed E-state index contributed by atoms with van der Waals surface area (Å²) < 4.78 is 0. The van der Waals surface area contributed by atoms with Crippen LogP contribution < -0.4 is 5.32 Å². The van der Waals surface area contributed by atoms with Crippen LogP contribution in [0.3, 0.4) is 0 Å². The molecule has 2 fully saturated rings. The van der Waals surface area contributed by atoms with E-state index in [2.05, 4.69) is 10.3 Å². The molecule has 122 valence electrons. The Balaban J connectivity index is 1.62. The lowest BCUT2D eigenvalue weighted by molar-refractivity contribution is -0.114. The molecule has 2 aliphatic rings. The molecule has 0 unspecified atom stereocenters. The van der Waals surface area contributed by atoms with Crippen LogP contribution in [0.4, 0.5) is 10.5 Å². The van der Waals surface area contributed by atoms with E-state index in [1.165, 1.54) is 18.0 Å². The first-order chi connectivity index (χ1) is 10.9. The van der Waals surface area contributed by atoms with Gasteiger partial charge in [0.25, 0.3) is 5.91 Å². The molecular formula is C15H18N4O4. The van der Waals surface area contributed by atoms with Crippen molar-refractivity contribution in [1.82, 2.24) is 14.8 Å². The Hall–Kier alpha value is -2.64. The largest absolute Gasteiger partial charge is 0.465 e. The Morgan fingerprint density at radius 2 is 1.74 bits per heavy atom. The lowest BCUT2D eigenvalue weighted by atomic mass is 10.0. The van der Waals surface area contributed by atoms with Crippen molar-refractivity contribution in [2.75, 3.05) is 31.5 Å². The molecule has 3 amide bonds. The van der Waals surface area contributed by atoms with Gasteiger partial charge < -0.3 is 20.2 Å². The Morgan fingerprint density at radius 1 is 1.13 bits per heavy atom. The second-order valence-electron chi connectivity index (χ2n) is 6.03. The summed E-state index contributed by atoms with van der Waals surface area (Å²) in [5.41, 5.74) is 0.874. The van der Waals surface area contributed by atoms with Crippen molar-refractivity contribution in [3.8, 4) is 0 Å². The average Bonchev–Trinajstić information content (AvgIpc) is 3.05. The minimum absolute atomic E-state index is 0.157. The van der Waals surface area contributed by atoms with Gasteiger partial charge in [-0.1, -0.05) is 0 Å². The summed E-state index contributed by atoms with van der Waals surface area (Å²) in [6, 6.07) is 3.23. The van der Waals surface area contributed by atoms with E-state index in [-0.39, 0.29) is 23.7 Å². The smallest absolute Gasteiger partial charge is 0.407 e. The predicted octanol–water partition coefficient (Wildman–Crippen LogP) is 0.722. The average molecular weight is 318 g/mol. The number of likely N-dealkylation sites (tertiary alicyclic amines) is 2. The van der Waals surface area contributed by atoms with Crippen molar-refractivity contribution in [2.24, 2.45) is 11.8 Å². The highest BCUT2D eigenvalue weighted by Crippen LogP contribution is 2.31. The number of hydrogen-bond donors (Lipinski definition) is 2. The predicted molar refractivity (Wildman–Crippen MR) is 81.0 cm³/mol. The molecule has 8 heteroatoms. The van der Waals surface area contributed by atoms with E-state index in [9.17, 15) is 14.4 Å². The normalized spacial score (nSPS) is 22.8. The summed E-state index contributed by atoms with van der Waals surface area (Å²) in [5, 5.41) is 11.6. The summed E-state index contributed by atoms with van der Waals surface area (Å²) >= 11 is 0. The maximum absolute atomic E-state index is 12.5. The number of aromatic nitrogens is 1. The molecule has 0 spiro atoms. The van der Waals surface area contributed by atoms with E-state index in [1.54, 1.807) is 17.0 Å². The van der Waals surface area contributed by atoms with Crippen LogP contribution in [0.5, 0.6) is 0 Å². The zero-order chi connectivity index (χ0) is 16.6. The maximum atomic E-state index is 12.5. The Morgan fingerprint density at radius 3 is 2.22 bits per heavy atom.